The van der Waals surface area contributed by atoms with E-state index in [0.29, 0.717) is 5.56 Å². The van der Waals surface area contributed by atoms with E-state index in [2.05, 4.69) is 19.2 Å². The van der Waals surface area contributed by atoms with Crippen molar-refractivity contribution in [1.82, 2.24) is 5.32 Å². The van der Waals surface area contributed by atoms with Crippen molar-refractivity contribution in [3.05, 3.63) is 28.0 Å². The van der Waals surface area contributed by atoms with Crippen molar-refractivity contribution in [3.8, 4) is 0 Å². The minimum atomic E-state index is -0.989. The van der Waals surface area contributed by atoms with Gasteiger partial charge in [-0.2, -0.15) is 0 Å². The average molecular weight is 309 g/mol. The number of carbonyl (C=O) groups excluding carboxylic acids is 1. The minimum Gasteiger partial charge on any atom is -0.478 e. The summed E-state index contributed by atoms with van der Waals surface area (Å²) in [4.78, 5) is 23.4. The molecule has 0 radical (unpaired) electrons. The van der Waals surface area contributed by atoms with E-state index < -0.39 is 5.97 Å². The number of amides is 1. The number of unbranched alkanes of at least 4 members (excludes halogenated alkanes) is 1. The highest BCUT2D eigenvalue weighted by molar-refractivity contribution is 7.11. The molecule has 1 atom stereocenters. The smallest absolute Gasteiger partial charge is 0.328 e. The average Bonchev–Trinajstić information content (AvgIpc) is 2.91. The largest absolute Gasteiger partial charge is 0.478 e. The summed E-state index contributed by atoms with van der Waals surface area (Å²) < 4.78 is 0. The van der Waals surface area contributed by atoms with Gasteiger partial charge in [0.05, 0.1) is 5.56 Å². The zero-order valence-corrected chi connectivity index (χ0v) is 13.4. The SMILES string of the molecule is CCCCC(CCC)NC(=O)c1csc(/C=C/C(=O)O)c1. The van der Waals surface area contributed by atoms with Crippen LogP contribution in [-0.4, -0.2) is 23.0 Å². The summed E-state index contributed by atoms with van der Waals surface area (Å²) in [6, 6.07) is 1.95. The van der Waals surface area contributed by atoms with Crippen LogP contribution in [0, 0.1) is 0 Å². The molecule has 1 heterocycles. The number of carboxylic acid groups (broad SMARTS) is 1. The monoisotopic (exact) mass is 309 g/mol. The molecular weight excluding hydrogens is 286 g/mol. The maximum absolute atomic E-state index is 12.2. The maximum atomic E-state index is 12.2. The molecule has 0 fully saturated rings. The predicted molar refractivity (Wildman–Crippen MR) is 86.7 cm³/mol. The molecule has 1 rings (SSSR count). The van der Waals surface area contributed by atoms with Crippen molar-refractivity contribution in [3.63, 3.8) is 0 Å². The zero-order chi connectivity index (χ0) is 15.7. The van der Waals surface area contributed by atoms with Crippen LogP contribution < -0.4 is 5.32 Å². The van der Waals surface area contributed by atoms with Crippen LogP contribution in [0.15, 0.2) is 17.5 Å². The third kappa shape index (κ3) is 6.58. The minimum absolute atomic E-state index is 0.0734. The fraction of sp³-hybridized carbons (Fsp3) is 0.500. The standard InChI is InChI=1S/C16H23NO3S/c1-3-5-7-13(6-4-2)17-16(20)12-10-14(21-11-12)8-9-15(18)19/h8-11,13H,3-7H2,1-2H3,(H,17,20)(H,18,19)/b9-8+. The third-order valence-corrected chi connectivity index (χ3v) is 4.05. The second-order valence-electron chi connectivity index (χ2n) is 5.01. The summed E-state index contributed by atoms with van der Waals surface area (Å²) in [6.45, 7) is 4.26. The van der Waals surface area contributed by atoms with Gasteiger partial charge in [-0.1, -0.05) is 33.1 Å². The fourth-order valence-electron chi connectivity index (χ4n) is 2.07. The van der Waals surface area contributed by atoms with E-state index >= 15 is 0 Å². The summed E-state index contributed by atoms with van der Waals surface area (Å²) in [5.41, 5.74) is 0.600. The van der Waals surface area contributed by atoms with Gasteiger partial charge in [0.25, 0.3) is 5.91 Å². The van der Waals surface area contributed by atoms with Gasteiger partial charge in [0.1, 0.15) is 0 Å². The van der Waals surface area contributed by atoms with E-state index in [4.69, 9.17) is 5.11 Å². The van der Waals surface area contributed by atoms with E-state index in [1.165, 1.54) is 17.4 Å². The van der Waals surface area contributed by atoms with Gasteiger partial charge in [-0.05, 0) is 25.0 Å². The number of hydrogen-bond acceptors (Lipinski definition) is 3. The molecule has 0 bridgehead atoms. The van der Waals surface area contributed by atoms with Crippen LogP contribution in [0.1, 0.15) is 61.2 Å². The second kappa shape index (κ2) is 9.34. The van der Waals surface area contributed by atoms with Crippen LogP contribution in [0.5, 0.6) is 0 Å². The van der Waals surface area contributed by atoms with Crippen LogP contribution >= 0.6 is 11.3 Å². The molecule has 1 amide bonds. The molecule has 0 spiro atoms. The van der Waals surface area contributed by atoms with Gasteiger partial charge in [0.2, 0.25) is 0 Å². The van der Waals surface area contributed by atoms with Gasteiger partial charge in [-0.15, -0.1) is 11.3 Å². The lowest BCUT2D eigenvalue weighted by Crippen LogP contribution is -2.34. The Bertz CT molecular complexity index is 493. The number of nitrogens with one attached hydrogen (secondary N) is 1. The Morgan fingerprint density at radius 3 is 2.71 bits per heavy atom. The molecule has 2 N–H and O–H groups in total. The Hall–Kier alpha value is -1.62. The van der Waals surface area contributed by atoms with Crippen LogP contribution in [0.4, 0.5) is 0 Å². The van der Waals surface area contributed by atoms with Crippen molar-refractivity contribution >= 4 is 29.3 Å². The maximum Gasteiger partial charge on any atom is 0.328 e. The molecule has 0 aliphatic carbocycles. The van der Waals surface area contributed by atoms with E-state index in [-0.39, 0.29) is 11.9 Å². The van der Waals surface area contributed by atoms with Gasteiger partial charge in [-0.3, -0.25) is 4.79 Å². The predicted octanol–water partition coefficient (Wildman–Crippen LogP) is 3.93. The van der Waals surface area contributed by atoms with Gasteiger partial charge < -0.3 is 10.4 Å². The van der Waals surface area contributed by atoms with Crippen molar-refractivity contribution in [2.24, 2.45) is 0 Å². The van der Waals surface area contributed by atoms with Gasteiger partial charge >= 0.3 is 5.97 Å². The quantitative estimate of drug-likeness (QED) is 0.679. The lowest BCUT2D eigenvalue weighted by Gasteiger charge is -2.17. The van der Waals surface area contributed by atoms with Crippen LogP contribution in [0.25, 0.3) is 6.08 Å². The third-order valence-electron chi connectivity index (χ3n) is 3.15. The van der Waals surface area contributed by atoms with E-state index in [1.54, 1.807) is 11.4 Å². The molecule has 0 saturated heterocycles. The Morgan fingerprint density at radius 2 is 2.10 bits per heavy atom. The molecule has 0 aliphatic rings. The summed E-state index contributed by atoms with van der Waals surface area (Å²) >= 11 is 1.37. The summed E-state index contributed by atoms with van der Waals surface area (Å²) in [6.07, 6.45) is 7.86. The first-order valence-electron chi connectivity index (χ1n) is 7.37. The normalized spacial score (nSPS) is 12.5. The Morgan fingerprint density at radius 1 is 1.33 bits per heavy atom. The Balaban J connectivity index is 2.63. The highest BCUT2D eigenvalue weighted by Crippen LogP contribution is 2.17. The van der Waals surface area contributed by atoms with Crippen LogP contribution in [-0.2, 0) is 4.79 Å². The summed E-state index contributed by atoms with van der Waals surface area (Å²) in [5.74, 6) is -1.06. The number of hydrogen-bond donors (Lipinski definition) is 2. The topological polar surface area (TPSA) is 66.4 Å². The van der Waals surface area contributed by atoms with Crippen molar-refractivity contribution in [1.29, 1.82) is 0 Å². The zero-order valence-electron chi connectivity index (χ0n) is 12.6. The highest BCUT2D eigenvalue weighted by Gasteiger charge is 2.13. The van der Waals surface area contributed by atoms with E-state index in [9.17, 15) is 9.59 Å². The molecule has 1 unspecified atom stereocenters. The molecule has 1 aromatic rings. The molecule has 116 valence electrons. The number of rotatable bonds is 9. The lowest BCUT2D eigenvalue weighted by atomic mass is 10.0. The van der Waals surface area contributed by atoms with Gasteiger partial charge in [-0.25, -0.2) is 4.79 Å². The number of carbonyl (C=O) groups is 2. The van der Waals surface area contributed by atoms with Gasteiger partial charge in [0, 0.05) is 22.4 Å². The number of carboxylic acids is 1. The molecular formula is C16H23NO3S. The fourth-order valence-corrected chi connectivity index (χ4v) is 2.85. The van der Waals surface area contributed by atoms with Crippen LogP contribution in [0.3, 0.4) is 0 Å². The van der Waals surface area contributed by atoms with E-state index in [1.807, 2.05) is 0 Å². The Kier molecular flexibility index (Phi) is 7.75. The molecule has 0 saturated carbocycles. The van der Waals surface area contributed by atoms with E-state index in [0.717, 1.165) is 43.1 Å². The molecule has 4 nitrogen and oxygen atoms in total. The molecule has 1 aromatic heterocycles. The summed E-state index contributed by atoms with van der Waals surface area (Å²) in [5, 5.41) is 13.4. The number of aliphatic carboxylic acids is 1. The summed E-state index contributed by atoms with van der Waals surface area (Å²) in [7, 11) is 0. The molecule has 0 aliphatic heterocycles. The van der Waals surface area contributed by atoms with Crippen molar-refractivity contribution in [2.75, 3.05) is 0 Å². The highest BCUT2D eigenvalue weighted by atomic mass is 32.1. The van der Waals surface area contributed by atoms with Gasteiger partial charge in [0.15, 0.2) is 0 Å². The number of thiophene rings is 1. The molecule has 21 heavy (non-hydrogen) atoms. The lowest BCUT2D eigenvalue weighted by molar-refractivity contribution is -0.131. The molecule has 5 heteroatoms. The molecule has 0 aromatic carbocycles. The second-order valence-corrected chi connectivity index (χ2v) is 5.95. The van der Waals surface area contributed by atoms with Crippen molar-refractivity contribution in [2.45, 2.75) is 52.0 Å². The Labute approximate surface area is 129 Å². The first-order chi connectivity index (χ1) is 10.1. The first-order valence-corrected chi connectivity index (χ1v) is 8.25. The van der Waals surface area contributed by atoms with Crippen molar-refractivity contribution < 1.29 is 14.7 Å². The van der Waals surface area contributed by atoms with Crippen LogP contribution in [0.2, 0.25) is 0 Å². The first kappa shape index (κ1) is 17.4.